The number of amides is 2. The van der Waals surface area contributed by atoms with Crippen LogP contribution in [0.15, 0.2) is 42.5 Å². The highest BCUT2D eigenvalue weighted by atomic mass is 16.6. The van der Waals surface area contributed by atoms with Crippen LogP contribution in [0.3, 0.4) is 0 Å². The Balaban J connectivity index is 1.79. The highest BCUT2D eigenvalue weighted by molar-refractivity contribution is 5.99. The predicted octanol–water partition coefficient (Wildman–Crippen LogP) is 3.87. The molecule has 1 aliphatic heterocycles. The Morgan fingerprint density at radius 2 is 1.96 bits per heavy atom. The Bertz CT molecular complexity index is 822. The Morgan fingerprint density at radius 1 is 1.20 bits per heavy atom. The summed E-state index contributed by atoms with van der Waals surface area (Å²) < 4.78 is 5.28. The fourth-order valence-electron chi connectivity index (χ4n) is 2.83. The monoisotopic (exact) mass is 338 g/mol. The summed E-state index contributed by atoms with van der Waals surface area (Å²) in [5, 5.41) is 5.64. The lowest BCUT2D eigenvalue weighted by Gasteiger charge is -2.20. The molecule has 0 unspecified atom stereocenters. The molecule has 2 aromatic rings. The second-order valence-corrected chi connectivity index (χ2v) is 7.11. The Labute approximate surface area is 147 Å². The van der Waals surface area contributed by atoms with Crippen molar-refractivity contribution in [2.45, 2.75) is 39.3 Å². The van der Waals surface area contributed by atoms with Crippen LogP contribution in [0.1, 0.15) is 31.9 Å². The summed E-state index contributed by atoms with van der Waals surface area (Å²) >= 11 is 0. The SMILES string of the molecule is CC(C)(C)OC(=O)NCc1ccccc1-c1ccc2c(c1)CC(=O)N2. The number of benzene rings is 2. The summed E-state index contributed by atoms with van der Waals surface area (Å²) in [6.45, 7) is 5.88. The Kier molecular flexibility index (Phi) is 4.49. The average molecular weight is 338 g/mol. The standard InChI is InChI=1S/C20H22N2O3/c1-20(2,3)25-19(24)21-12-14-6-4-5-7-16(14)13-8-9-17-15(10-13)11-18(23)22-17/h4-10H,11-12H2,1-3H3,(H,21,24)(H,22,23). The molecule has 0 aliphatic carbocycles. The average Bonchev–Trinajstić information content (AvgIpc) is 2.90. The van der Waals surface area contributed by atoms with Gasteiger partial charge in [-0.3, -0.25) is 4.79 Å². The molecule has 5 heteroatoms. The van der Waals surface area contributed by atoms with E-state index in [0.29, 0.717) is 13.0 Å². The lowest BCUT2D eigenvalue weighted by molar-refractivity contribution is -0.115. The Hall–Kier alpha value is -2.82. The van der Waals surface area contributed by atoms with Gasteiger partial charge in [-0.05, 0) is 55.2 Å². The van der Waals surface area contributed by atoms with Crippen LogP contribution in [-0.4, -0.2) is 17.6 Å². The summed E-state index contributed by atoms with van der Waals surface area (Å²) in [6, 6.07) is 13.8. The van der Waals surface area contributed by atoms with Crippen LogP contribution in [0.4, 0.5) is 10.5 Å². The van der Waals surface area contributed by atoms with Crippen molar-refractivity contribution in [2.75, 3.05) is 5.32 Å². The minimum absolute atomic E-state index is 0.0204. The molecular formula is C20H22N2O3. The quantitative estimate of drug-likeness (QED) is 0.892. The van der Waals surface area contributed by atoms with Crippen molar-refractivity contribution < 1.29 is 14.3 Å². The molecule has 130 valence electrons. The fourth-order valence-corrected chi connectivity index (χ4v) is 2.83. The first-order valence-corrected chi connectivity index (χ1v) is 8.30. The predicted molar refractivity (Wildman–Crippen MR) is 97.3 cm³/mol. The van der Waals surface area contributed by atoms with Gasteiger partial charge >= 0.3 is 6.09 Å². The molecule has 5 nitrogen and oxygen atoms in total. The summed E-state index contributed by atoms with van der Waals surface area (Å²) in [5.41, 5.74) is 4.39. The van der Waals surface area contributed by atoms with E-state index in [1.165, 1.54) is 0 Å². The van der Waals surface area contributed by atoms with E-state index in [9.17, 15) is 9.59 Å². The summed E-state index contributed by atoms with van der Waals surface area (Å²) in [4.78, 5) is 23.4. The smallest absolute Gasteiger partial charge is 0.407 e. The molecule has 0 aromatic heterocycles. The molecule has 2 N–H and O–H groups in total. The van der Waals surface area contributed by atoms with Gasteiger partial charge in [0.2, 0.25) is 5.91 Å². The second-order valence-electron chi connectivity index (χ2n) is 7.11. The largest absolute Gasteiger partial charge is 0.444 e. The van der Waals surface area contributed by atoms with E-state index in [2.05, 4.69) is 10.6 Å². The van der Waals surface area contributed by atoms with E-state index in [1.807, 2.05) is 63.2 Å². The first kappa shape index (κ1) is 17.0. The van der Waals surface area contributed by atoms with E-state index >= 15 is 0 Å². The summed E-state index contributed by atoms with van der Waals surface area (Å²) in [5.74, 6) is 0.0204. The number of fused-ring (bicyclic) bond motifs is 1. The third kappa shape index (κ3) is 4.18. The minimum atomic E-state index is -0.525. The number of carbonyl (C=O) groups is 2. The van der Waals surface area contributed by atoms with Gasteiger partial charge in [-0.25, -0.2) is 4.79 Å². The lowest BCUT2D eigenvalue weighted by atomic mass is 9.97. The molecule has 0 spiro atoms. The van der Waals surface area contributed by atoms with Crippen molar-refractivity contribution in [1.82, 2.24) is 5.32 Å². The lowest BCUT2D eigenvalue weighted by Crippen LogP contribution is -2.32. The zero-order valence-corrected chi connectivity index (χ0v) is 14.7. The zero-order chi connectivity index (χ0) is 18.0. The van der Waals surface area contributed by atoms with Gasteiger partial charge in [0.05, 0.1) is 6.42 Å². The molecule has 0 atom stereocenters. The van der Waals surface area contributed by atoms with Gasteiger partial charge in [0, 0.05) is 12.2 Å². The Morgan fingerprint density at radius 3 is 2.72 bits per heavy atom. The van der Waals surface area contributed by atoms with Crippen LogP contribution in [-0.2, 0) is 22.5 Å². The van der Waals surface area contributed by atoms with Gasteiger partial charge in [0.1, 0.15) is 5.60 Å². The second kappa shape index (κ2) is 6.59. The van der Waals surface area contributed by atoms with Crippen molar-refractivity contribution >= 4 is 17.7 Å². The number of hydrogen-bond donors (Lipinski definition) is 2. The van der Waals surface area contributed by atoms with Gasteiger partial charge in [0.25, 0.3) is 0 Å². The fraction of sp³-hybridized carbons (Fsp3) is 0.300. The third-order valence-electron chi connectivity index (χ3n) is 3.88. The van der Waals surface area contributed by atoms with Crippen molar-refractivity contribution in [2.24, 2.45) is 0 Å². The van der Waals surface area contributed by atoms with E-state index in [0.717, 1.165) is 27.9 Å². The molecule has 2 aromatic carbocycles. The van der Waals surface area contributed by atoms with E-state index in [4.69, 9.17) is 4.74 Å². The number of alkyl carbamates (subject to hydrolysis) is 1. The number of rotatable bonds is 3. The number of ether oxygens (including phenoxy) is 1. The molecule has 0 bridgehead atoms. The molecule has 25 heavy (non-hydrogen) atoms. The van der Waals surface area contributed by atoms with Crippen LogP contribution in [0.25, 0.3) is 11.1 Å². The van der Waals surface area contributed by atoms with E-state index < -0.39 is 11.7 Å². The minimum Gasteiger partial charge on any atom is -0.444 e. The van der Waals surface area contributed by atoms with E-state index in [1.54, 1.807) is 0 Å². The van der Waals surface area contributed by atoms with Gasteiger partial charge in [-0.2, -0.15) is 0 Å². The number of nitrogens with one attached hydrogen (secondary N) is 2. The van der Waals surface area contributed by atoms with Gasteiger partial charge in [-0.15, -0.1) is 0 Å². The van der Waals surface area contributed by atoms with Gasteiger partial charge in [-0.1, -0.05) is 30.3 Å². The molecule has 2 amide bonds. The van der Waals surface area contributed by atoms with Gasteiger partial charge < -0.3 is 15.4 Å². The van der Waals surface area contributed by atoms with Crippen molar-refractivity contribution in [1.29, 1.82) is 0 Å². The zero-order valence-electron chi connectivity index (χ0n) is 14.7. The maximum absolute atomic E-state index is 11.9. The van der Waals surface area contributed by atoms with Crippen LogP contribution >= 0.6 is 0 Å². The summed E-state index contributed by atoms with van der Waals surface area (Å²) in [6.07, 6.45) is -0.0346. The maximum Gasteiger partial charge on any atom is 0.407 e. The number of hydrogen-bond acceptors (Lipinski definition) is 3. The molecule has 0 fully saturated rings. The number of carbonyl (C=O) groups excluding carboxylic acids is 2. The summed E-state index contributed by atoms with van der Waals surface area (Å²) in [7, 11) is 0. The topological polar surface area (TPSA) is 67.4 Å². The highest BCUT2D eigenvalue weighted by Gasteiger charge is 2.19. The van der Waals surface area contributed by atoms with Crippen molar-refractivity contribution in [3.63, 3.8) is 0 Å². The molecule has 0 saturated heterocycles. The maximum atomic E-state index is 11.9. The number of anilines is 1. The molecule has 1 aliphatic rings. The molecular weight excluding hydrogens is 316 g/mol. The normalized spacial score (nSPS) is 13.2. The van der Waals surface area contributed by atoms with Crippen LogP contribution in [0.2, 0.25) is 0 Å². The van der Waals surface area contributed by atoms with Crippen LogP contribution in [0, 0.1) is 0 Å². The van der Waals surface area contributed by atoms with Crippen LogP contribution < -0.4 is 10.6 Å². The van der Waals surface area contributed by atoms with Crippen molar-refractivity contribution in [3.05, 3.63) is 53.6 Å². The molecule has 3 rings (SSSR count). The first-order chi connectivity index (χ1) is 11.8. The van der Waals surface area contributed by atoms with Gasteiger partial charge in [0.15, 0.2) is 0 Å². The van der Waals surface area contributed by atoms with Crippen molar-refractivity contribution in [3.8, 4) is 11.1 Å². The first-order valence-electron chi connectivity index (χ1n) is 8.30. The third-order valence-corrected chi connectivity index (χ3v) is 3.88. The molecule has 1 heterocycles. The van der Waals surface area contributed by atoms with Crippen LogP contribution in [0.5, 0.6) is 0 Å². The van der Waals surface area contributed by atoms with E-state index in [-0.39, 0.29) is 5.91 Å². The molecule has 0 saturated carbocycles. The highest BCUT2D eigenvalue weighted by Crippen LogP contribution is 2.30. The molecule has 0 radical (unpaired) electrons.